The molecule has 34 heavy (non-hydrogen) atoms. The summed E-state index contributed by atoms with van der Waals surface area (Å²) in [7, 11) is 0. The van der Waals surface area contributed by atoms with E-state index in [1.807, 2.05) is 6.92 Å². The van der Waals surface area contributed by atoms with Crippen LogP contribution in [0.2, 0.25) is 0 Å². The Bertz CT molecular complexity index is 1690. The van der Waals surface area contributed by atoms with Crippen LogP contribution in [0.4, 0.5) is 10.1 Å². The molecule has 0 N–H and O–H groups in total. The maximum atomic E-state index is 14.4. The fraction of sp³-hybridized carbons (Fsp3) is 0.208. The summed E-state index contributed by atoms with van der Waals surface area (Å²) in [5.74, 6) is 0.0422. The number of aromatic nitrogens is 6. The van der Waals surface area contributed by atoms with Gasteiger partial charge < -0.3 is 4.74 Å². The average Bonchev–Trinajstić information content (AvgIpc) is 3.41. The van der Waals surface area contributed by atoms with Crippen LogP contribution in [0.3, 0.4) is 0 Å². The second kappa shape index (κ2) is 7.52. The van der Waals surface area contributed by atoms with Crippen LogP contribution in [0.5, 0.6) is 5.75 Å². The molecular weight excluding hydrogens is 437 g/mol. The summed E-state index contributed by atoms with van der Waals surface area (Å²) in [5.41, 5.74) is 3.28. The molecule has 0 radical (unpaired) electrons. The van der Waals surface area contributed by atoms with E-state index >= 15 is 0 Å². The van der Waals surface area contributed by atoms with Crippen molar-refractivity contribution in [1.29, 1.82) is 0 Å². The zero-order valence-electron chi connectivity index (χ0n) is 18.1. The summed E-state index contributed by atoms with van der Waals surface area (Å²) in [6, 6.07) is 9.52. The van der Waals surface area contributed by atoms with Gasteiger partial charge in [0.25, 0.3) is 0 Å². The lowest BCUT2D eigenvalue weighted by Crippen LogP contribution is -2.31. The van der Waals surface area contributed by atoms with E-state index in [0.717, 1.165) is 0 Å². The molecule has 0 saturated carbocycles. The molecule has 0 saturated heterocycles. The summed E-state index contributed by atoms with van der Waals surface area (Å²) in [4.78, 5) is 30.6. The number of nitrogens with zero attached hydrogens (tertiary/aromatic N) is 7. The van der Waals surface area contributed by atoms with Gasteiger partial charge in [0.2, 0.25) is 5.95 Å². The number of ether oxygens (including phenoxy) is 1. The Balaban J connectivity index is 1.60. The predicted octanol–water partition coefficient (Wildman–Crippen LogP) is 4.01. The molecule has 0 aliphatic carbocycles. The van der Waals surface area contributed by atoms with Crippen LogP contribution in [-0.4, -0.2) is 35.3 Å². The highest BCUT2D eigenvalue weighted by molar-refractivity contribution is 5.81. The van der Waals surface area contributed by atoms with Gasteiger partial charge >= 0.3 is 5.69 Å². The van der Waals surface area contributed by atoms with Crippen molar-refractivity contribution in [3.05, 3.63) is 82.2 Å². The van der Waals surface area contributed by atoms with Gasteiger partial charge in [0, 0.05) is 18.5 Å². The van der Waals surface area contributed by atoms with E-state index in [4.69, 9.17) is 16.3 Å². The lowest BCUT2D eigenvalue weighted by molar-refractivity contribution is 0.243. The molecule has 0 spiro atoms. The molecule has 1 aliphatic rings. The van der Waals surface area contributed by atoms with E-state index in [0.29, 0.717) is 52.4 Å². The largest absolute Gasteiger partial charge is 0.490 e. The zero-order chi connectivity index (χ0) is 23.4. The Morgan fingerprint density at radius 1 is 1.24 bits per heavy atom. The standard InChI is InChI=1S/C24H18FN7O2/c1-3-30-20-12-27-23(31-13-28-17-8-7-14(26-2)11-19(17)31)29-22(20)32(24(30)33)18-9-10-34-21-15(18)5-4-6-16(21)25/h4-8,11-13,18H,3,9-10H2,1H3. The SMILES string of the molecule is [C-]#[N+]c1ccc2ncn(-c3ncc4c(n3)n(C3CCOc5c(F)cccc53)c(=O)n4CC)c2c1. The minimum atomic E-state index is -0.453. The van der Waals surface area contributed by atoms with Crippen molar-refractivity contribution in [3.63, 3.8) is 0 Å². The van der Waals surface area contributed by atoms with Crippen LogP contribution in [0, 0.1) is 12.4 Å². The highest BCUT2D eigenvalue weighted by atomic mass is 19.1. The van der Waals surface area contributed by atoms with Crippen molar-refractivity contribution in [2.45, 2.75) is 25.9 Å². The van der Waals surface area contributed by atoms with E-state index in [1.165, 1.54) is 6.07 Å². The third kappa shape index (κ3) is 2.83. The molecule has 0 bridgehead atoms. The van der Waals surface area contributed by atoms with Crippen LogP contribution in [-0.2, 0) is 6.54 Å². The van der Waals surface area contributed by atoms with Crippen molar-refractivity contribution in [2.24, 2.45) is 0 Å². The second-order valence-electron chi connectivity index (χ2n) is 7.99. The Labute approximate surface area is 192 Å². The summed E-state index contributed by atoms with van der Waals surface area (Å²) in [6.07, 6.45) is 3.72. The molecule has 4 heterocycles. The number of benzene rings is 2. The number of imidazole rings is 2. The molecule has 5 aromatic rings. The fourth-order valence-electron chi connectivity index (χ4n) is 4.61. The molecule has 9 nitrogen and oxygen atoms in total. The summed E-state index contributed by atoms with van der Waals surface area (Å²) in [5, 5.41) is 0. The fourth-order valence-corrected chi connectivity index (χ4v) is 4.61. The van der Waals surface area contributed by atoms with Crippen LogP contribution in [0.15, 0.2) is 53.7 Å². The summed E-state index contributed by atoms with van der Waals surface area (Å²) in [6.45, 7) is 9.91. The molecule has 6 rings (SSSR count). The summed E-state index contributed by atoms with van der Waals surface area (Å²) >= 11 is 0. The number of hydrogen-bond donors (Lipinski definition) is 0. The van der Waals surface area contributed by atoms with Gasteiger partial charge in [-0.25, -0.2) is 24.0 Å². The third-order valence-electron chi connectivity index (χ3n) is 6.19. The van der Waals surface area contributed by atoms with Crippen LogP contribution < -0.4 is 10.4 Å². The van der Waals surface area contributed by atoms with Gasteiger partial charge in [0.05, 0.1) is 36.5 Å². The molecule has 168 valence electrons. The molecular formula is C24H18FN7O2. The molecule has 1 aliphatic heterocycles. The molecule has 1 atom stereocenters. The molecule has 3 aromatic heterocycles. The minimum Gasteiger partial charge on any atom is -0.490 e. The van der Waals surface area contributed by atoms with Crippen molar-refractivity contribution >= 4 is 27.9 Å². The molecule has 10 heteroatoms. The number of halogens is 1. The molecule has 0 amide bonds. The smallest absolute Gasteiger partial charge is 0.330 e. The predicted molar refractivity (Wildman–Crippen MR) is 123 cm³/mol. The van der Waals surface area contributed by atoms with Crippen molar-refractivity contribution in [1.82, 2.24) is 28.7 Å². The van der Waals surface area contributed by atoms with Gasteiger partial charge in [-0.1, -0.05) is 18.2 Å². The van der Waals surface area contributed by atoms with Gasteiger partial charge in [0.1, 0.15) is 11.8 Å². The first-order chi connectivity index (χ1) is 16.6. The van der Waals surface area contributed by atoms with Gasteiger partial charge in [-0.3, -0.25) is 13.7 Å². The Morgan fingerprint density at radius 2 is 2.12 bits per heavy atom. The first kappa shape index (κ1) is 20.1. The lowest BCUT2D eigenvalue weighted by Gasteiger charge is -2.26. The van der Waals surface area contributed by atoms with E-state index < -0.39 is 11.9 Å². The molecule has 2 aromatic carbocycles. The maximum Gasteiger partial charge on any atom is 0.330 e. The molecule has 1 unspecified atom stereocenters. The van der Waals surface area contributed by atoms with Crippen LogP contribution >= 0.6 is 0 Å². The van der Waals surface area contributed by atoms with Gasteiger partial charge in [-0.2, -0.15) is 4.98 Å². The lowest BCUT2D eigenvalue weighted by atomic mass is 10.00. The van der Waals surface area contributed by atoms with Gasteiger partial charge in [0.15, 0.2) is 22.9 Å². The van der Waals surface area contributed by atoms with E-state index in [9.17, 15) is 9.18 Å². The Kier molecular flexibility index (Phi) is 4.45. The van der Waals surface area contributed by atoms with E-state index in [1.54, 1.807) is 56.6 Å². The monoisotopic (exact) mass is 455 g/mol. The third-order valence-corrected chi connectivity index (χ3v) is 6.19. The van der Waals surface area contributed by atoms with E-state index in [-0.39, 0.29) is 18.0 Å². The van der Waals surface area contributed by atoms with Crippen LogP contribution in [0.25, 0.3) is 33.0 Å². The Hall–Kier alpha value is -4.52. The van der Waals surface area contributed by atoms with E-state index in [2.05, 4.69) is 14.8 Å². The number of rotatable bonds is 3. The summed E-state index contributed by atoms with van der Waals surface area (Å²) < 4.78 is 24.9. The Morgan fingerprint density at radius 3 is 2.94 bits per heavy atom. The van der Waals surface area contributed by atoms with Gasteiger partial charge in [-0.05, 0) is 25.1 Å². The first-order valence-electron chi connectivity index (χ1n) is 10.8. The number of para-hydroxylation sites is 1. The quantitative estimate of drug-likeness (QED) is 0.384. The number of fused-ring (bicyclic) bond motifs is 3. The maximum absolute atomic E-state index is 14.4. The highest BCUT2D eigenvalue weighted by Gasteiger charge is 2.30. The second-order valence-corrected chi connectivity index (χ2v) is 7.99. The van der Waals surface area contributed by atoms with Crippen LogP contribution in [0.1, 0.15) is 24.9 Å². The van der Waals surface area contributed by atoms with Crippen molar-refractivity contribution < 1.29 is 9.13 Å². The van der Waals surface area contributed by atoms with Crippen molar-refractivity contribution in [2.75, 3.05) is 6.61 Å². The normalized spacial score (nSPS) is 15.3. The number of hydrogen-bond acceptors (Lipinski definition) is 5. The zero-order valence-corrected chi connectivity index (χ0v) is 18.1. The average molecular weight is 455 g/mol. The minimum absolute atomic E-state index is 0.171. The molecule has 0 fully saturated rings. The van der Waals surface area contributed by atoms with Gasteiger partial charge in [-0.15, -0.1) is 0 Å². The van der Waals surface area contributed by atoms with Crippen molar-refractivity contribution in [3.8, 4) is 11.7 Å². The topological polar surface area (TPSA) is 84.1 Å². The number of aryl methyl sites for hydroxylation is 1. The first-order valence-corrected chi connectivity index (χ1v) is 10.8. The highest BCUT2D eigenvalue weighted by Crippen LogP contribution is 2.37.